The van der Waals surface area contributed by atoms with Crippen molar-refractivity contribution in [3.63, 3.8) is 0 Å². The molecule has 0 aliphatic heterocycles. The lowest BCUT2D eigenvalue weighted by molar-refractivity contribution is -0.148. The van der Waals surface area contributed by atoms with E-state index in [9.17, 15) is 32.8 Å². The number of imidazole rings is 1. The molecule has 1 aromatic heterocycles. The first-order chi connectivity index (χ1) is 21.2. The molecule has 1 aromatic carbocycles. The fraction of sp³-hybridized carbons (Fsp3) is 0.600. The molecule has 2 aliphatic carbocycles. The summed E-state index contributed by atoms with van der Waals surface area (Å²) in [5.74, 6) is -3.51. The second-order valence-electron chi connectivity index (χ2n) is 12.3. The van der Waals surface area contributed by atoms with Crippen LogP contribution < -0.4 is 22.9 Å². The normalized spacial score (nSPS) is 20.3. The third-order valence-corrected chi connectivity index (χ3v) is 11.3. The van der Waals surface area contributed by atoms with Crippen molar-refractivity contribution in [3.05, 3.63) is 54.1 Å². The number of aliphatic hydroxyl groups excluding tert-OH is 2. The quantitative estimate of drug-likeness (QED) is 0.0743. The van der Waals surface area contributed by atoms with Crippen LogP contribution in [-0.4, -0.2) is 68.4 Å². The maximum Gasteiger partial charge on any atom is 0.281 e. The summed E-state index contributed by atoms with van der Waals surface area (Å²) in [5, 5.41) is 27.1. The summed E-state index contributed by atoms with van der Waals surface area (Å²) in [7, 11) is -5.40. The van der Waals surface area contributed by atoms with E-state index in [1.54, 1.807) is 30.3 Å². The van der Waals surface area contributed by atoms with E-state index in [2.05, 4.69) is 21.4 Å². The number of nitrogens with two attached hydrogens (primary N) is 4. The number of nitrogens with zero attached hydrogens (tertiary/aromatic N) is 1. The molecule has 1 unspecified atom stereocenters. The number of hydrogen-bond acceptors (Lipinski definition) is 8. The van der Waals surface area contributed by atoms with Crippen LogP contribution in [0.4, 0.5) is 0 Å². The van der Waals surface area contributed by atoms with Gasteiger partial charge in [-0.2, -0.15) is 8.42 Å². The lowest BCUT2D eigenvalue weighted by atomic mass is 9.47. The van der Waals surface area contributed by atoms with E-state index >= 15 is 0 Å². The number of guanidine groups is 1. The Morgan fingerprint density at radius 2 is 1.62 bits per heavy atom. The summed E-state index contributed by atoms with van der Waals surface area (Å²) in [4.78, 5) is 35.2. The van der Waals surface area contributed by atoms with E-state index in [4.69, 9.17) is 16.9 Å². The zero-order valence-electron chi connectivity index (χ0n) is 25.4. The van der Waals surface area contributed by atoms with Crippen LogP contribution >= 0.6 is 0 Å². The first-order valence-electron chi connectivity index (χ1n) is 15.2. The highest BCUT2D eigenvalue weighted by atomic mass is 32.2. The lowest BCUT2D eigenvalue weighted by Crippen LogP contribution is -2.74. The Morgan fingerprint density at radius 3 is 2.07 bits per heavy atom. The zero-order chi connectivity index (χ0) is 33.5. The molecule has 250 valence electrons. The van der Waals surface area contributed by atoms with Gasteiger partial charge >= 0.3 is 0 Å². The van der Waals surface area contributed by atoms with Crippen molar-refractivity contribution in [2.45, 2.75) is 86.9 Å². The second kappa shape index (κ2) is 14.7. The number of carbonyl (C=O) groups is 2. The molecule has 0 saturated heterocycles. The number of H-pyrrole nitrogens is 1. The molecular formula is C30H47N7O7S. The van der Waals surface area contributed by atoms with Crippen LogP contribution in [0.3, 0.4) is 0 Å². The van der Waals surface area contributed by atoms with E-state index in [0.29, 0.717) is 36.9 Å². The maximum atomic E-state index is 14.3. The van der Waals surface area contributed by atoms with Gasteiger partial charge in [-0.15, -0.1) is 0 Å². The van der Waals surface area contributed by atoms with Crippen LogP contribution in [0.1, 0.15) is 75.5 Å². The number of hydrogen-bond donors (Lipinski definition) is 9. The molecule has 15 heteroatoms. The minimum Gasteiger partial charge on any atom is -0.394 e. The molecule has 2 aromatic rings. The van der Waals surface area contributed by atoms with Gasteiger partial charge in [-0.05, 0) is 55.9 Å². The van der Waals surface area contributed by atoms with Crippen LogP contribution in [-0.2, 0) is 31.5 Å². The number of primary amides is 2. The van der Waals surface area contributed by atoms with E-state index in [1.807, 2.05) is 0 Å². The Kier molecular flexibility index (Phi) is 11.7. The zero-order valence-corrected chi connectivity index (χ0v) is 26.2. The number of rotatable bonds is 15. The highest BCUT2D eigenvalue weighted by Gasteiger charge is 2.77. The minimum absolute atomic E-state index is 0.0503. The number of amides is 2. The molecule has 2 saturated carbocycles. The summed E-state index contributed by atoms with van der Waals surface area (Å²) in [6.07, 6.45) is 5.53. The molecule has 45 heavy (non-hydrogen) atoms. The topological polar surface area (TPSA) is 286 Å². The van der Waals surface area contributed by atoms with Crippen molar-refractivity contribution in [1.82, 2.24) is 9.97 Å². The molecule has 4 atom stereocenters. The van der Waals surface area contributed by atoms with Crippen LogP contribution in [0.25, 0.3) is 0 Å². The Labute approximate surface area is 263 Å². The van der Waals surface area contributed by atoms with Crippen molar-refractivity contribution in [2.24, 2.45) is 40.2 Å². The highest BCUT2D eigenvalue weighted by Crippen LogP contribution is 2.66. The summed E-state index contributed by atoms with van der Waals surface area (Å²) in [6, 6.07) is 8.63. The van der Waals surface area contributed by atoms with Gasteiger partial charge in [-0.25, -0.2) is 4.98 Å². The van der Waals surface area contributed by atoms with Crippen molar-refractivity contribution >= 4 is 27.9 Å². The molecule has 2 amide bonds. The molecule has 4 rings (SSSR count). The third-order valence-electron chi connectivity index (χ3n) is 9.67. The van der Waals surface area contributed by atoms with Crippen LogP contribution in [0.15, 0.2) is 42.9 Å². The molecule has 2 fully saturated rings. The van der Waals surface area contributed by atoms with Crippen LogP contribution in [0.2, 0.25) is 0 Å². The number of aliphatic hydroxyl groups is 2. The maximum absolute atomic E-state index is 14.3. The van der Waals surface area contributed by atoms with Crippen molar-refractivity contribution in [2.75, 3.05) is 6.61 Å². The van der Waals surface area contributed by atoms with Gasteiger partial charge in [0.1, 0.15) is 0 Å². The first kappa shape index (κ1) is 35.9. The Morgan fingerprint density at radius 1 is 1.02 bits per heavy atom. The predicted molar refractivity (Wildman–Crippen MR) is 168 cm³/mol. The predicted octanol–water partition coefficient (Wildman–Crippen LogP) is 0.826. The fourth-order valence-electron chi connectivity index (χ4n) is 7.84. The number of aromatic nitrogens is 2. The smallest absolute Gasteiger partial charge is 0.281 e. The molecule has 14 nitrogen and oxygen atoms in total. The number of aromatic amines is 1. The number of carbonyl (C=O) groups excluding carboxylic acids is 2. The van der Waals surface area contributed by atoms with Crippen molar-refractivity contribution in [1.29, 1.82) is 5.41 Å². The molecule has 2 aliphatic rings. The molecule has 0 bridgehead atoms. The van der Waals surface area contributed by atoms with Gasteiger partial charge in [0, 0.05) is 17.3 Å². The van der Waals surface area contributed by atoms with Gasteiger partial charge in [-0.1, -0.05) is 62.4 Å². The molecule has 1 heterocycles. The minimum atomic E-state index is -5.40. The van der Waals surface area contributed by atoms with Crippen molar-refractivity contribution < 1.29 is 32.8 Å². The van der Waals surface area contributed by atoms with Gasteiger partial charge in [0.2, 0.25) is 11.8 Å². The van der Waals surface area contributed by atoms with Crippen molar-refractivity contribution in [3.8, 4) is 0 Å². The third kappa shape index (κ3) is 7.16. The molecular weight excluding hydrogens is 602 g/mol. The fourth-order valence-corrected chi connectivity index (χ4v) is 9.37. The number of benzene rings is 1. The van der Waals surface area contributed by atoms with Gasteiger partial charge < -0.3 is 38.1 Å². The Hall–Kier alpha value is -3.53. The average Bonchev–Trinajstić information content (AvgIpc) is 3.70. The molecule has 13 N–H and O–H groups in total. The van der Waals surface area contributed by atoms with Gasteiger partial charge in [-0.3, -0.25) is 19.6 Å². The number of aryl methyl sites for hydroxylation is 1. The summed E-state index contributed by atoms with van der Waals surface area (Å²) < 4.78 is 36.1. The van der Waals surface area contributed by atoms with Gasteiger partial charge in [0.25, 0.3) is 10.1 Å². The SMILES string of the molecule is N=C(N)N.NC(=O)[C@@](CCc1cnc[nH]1)([C@](CC(O)CO)(c1ccccc1)C1CC1)[C@@](CC1CCCCC1)(C(N)=O)S(=O)(=O)O. The van der Waals surface area contributed by atoms with E-state index in [-0.39, 0.29) is 37.6 Å². The summed E-state index contributed by atoms with van der Waals surface area (Å²) in [6.45, 7) is -0.672. The van der Waals surface area contributed by atoms with Crippen LogP contribution in [0.5, 0.6) is 0 Å². The summed E-state index contributed by atoms with van der Waals surface area (Å²) in [5.41, 5.74) is 18.5. The monoisotopic (exact) mass is 649 g/mol. The average molecular weight is 650 g/mol. The van der Waals surface area contributed by atoms with E-state index in [0.717, 1.165) is 19.3 Å². The van der Waals surface area contributed by atoms with Gasteiger partial charge in [0.15, 0.2) is 10.7 Å². The van der Waals surface area contributed by atoms with E-state index < -0.39 is 56.1 Å². The van der Waals surface area contributed by atoms with Crippen LogP contribution in [0, 0.1) is 22.7 Å². The Bertz CT molecular complexity index is 1390. The molecule has 0 spiro atoms. The molecule has 0 radical (unpaired) electrons. The summed E-state index contributed by atoms with van der Waals surface area (Å²) >= 11 is 0. The lowest BCUT2D eigenvalue weighted by Gasteiger charge is -2.58. The number of nitrogens with one attached hydrogen (secondary N) is 2. The highest BCUT2D eigenvalue weighted by molar-refractivity contribution is 7.88. The largest absolute Gasteiger partial charge is 0.394 e. The standard InChI is InChI=1S/C29H42N4O7S.CH5N3/c30-25(36)28(14-13-23-17-32-19-33-23,29(26(31)37,41(38,39)40)15-20-7-3-1-4-8-20)27(22-11-12-22,16-24(35)18-34)21-9-5-2-6-10-21;2-1(3)4/h2,5-6,9-10,17,19-20,22,24,34-35H,1,3-4,7-8,11-16,18H2,(H2,30,36)(H2,31,37)(H,32,33)(H,38,39,40);(H5,2,3,4)/t24?,27-,28+,29-;/m1./s1. The van der Waals surface area contributed by atoms with Gasteiger partial charge in [0.05, 0.1) is 24.5 Å². The Balaban J connectivity index is 0.00000130. The second-order valence-corrected chi connectivity index (χ2v) is 14.0. The first-order valence-corrected chi connectivity index (χ1v) is 16.6. The van der Waals surface area contributed by atoms with E-state index in [1.165, 1.54) is 12.5 Å².